The van der Waals surface area contributed by atoms with Gasteiger partial charge in [-0.05, 0) is 18.2 Å². The second-order valence-electron chi connectivity index (χ2n) is 4.80. The minimum atomic E-state index is -1.93. The molecule has 9 heteroatoms. The Labute approximate surface area is 135 Å². The lowest BCUT2D eigenvalue weighted by Crippen LogP contribution is -2.15. The van der Waals surface area contributed by atoms with E-state index in [1.165, 1.54) is 0 Å². The van der Waals surface area contributed by atoms with Crippen molar-refractivity contribution >= 4 is 16.9 Å². The molecule has 0 fully saturated rings. The minimum Gasteiger partial charge on any atom is -0.449 e. The molecule has 0 radical (unpaired) electrons. The molecule has 128 valence electrons. The Bertz CT molecular complexity index is 1050. The number of carbonyl (C=O) groups is 1. The van der Waals surface area contributed by atoms with Crippen LogP contribution in [0.25, 0.3) is 11.0 Å². The molecule has 3 rings (SSSR count). The van der Waals surface area contributed by atoms with Crippen LogP contribution in [-0.2, 0) is 0 Å². The van der Waals surface area contributed by atoms with Gasteiger partial charge in [-0.3, -0.25) is 4.79 Å². The third-order valence-corrected chi connectivity index (χ3v) is 3.16. The van der Waals surface area contributed by atoms with E-state index in [4.69, 9.17) is 4.42 Å². The first-order valence-electron chi connectivity index (χ1n) is 6.56. The normalized spacial score (nSPS) is 10.9. The van der Waals surface area contributed by atoms with E-state index < -0.39 is 52.0 Å². The molecule has 0 unspecified atom stereocenters. The molecular formula is C16H5F5O4. The summed E-state index contributed by atoms with van der Waals surface area (Å²) in [5, 5.41) is -0.189. The summed E-state index contributed by atoms with van der Waals surface area (Å²) in [6.07, 6.45) is 0. The lowest BCUT2D eigenvalue weighted by molar-refractivity contribution is 0.0684. The summed E-state index contributed by atoms with van der Waals surface area (Å²) in [5.41, 5.74) is -1.04. The second kappa shape index (κ2) is 6.00. The van der Waals surface area contributed by atoms with Gasteiger partial charge in [0.15, 0.2) is 17.1 Å². The molecule has 0 atom stereocenters. The third-order valence-electron chi connectivity index (χ3n) is 3.16. The molecule has 0 aliphatic rings. The fourth-order valence-electron chi connectivity index (χ4n) is 2.01. The smallest absolute Gasteiger partial charge is 0.379 e. The predicted octanol–water partition coefficient (Wildman–Crippen LogP) is 3.71. The summed E-state index contributed by atoms with van der Waals surface area (Å²) < 4.78 is 75.6. The van der Waals surface area contributed by atoms with Gasteiger partial charge in [-0.15, -0.1) is 0 Å². The van der Waals surface area contributed by atoms with Gasteiger partial charge in [-0.2, -0.15) is 8.78 Å². The zero-order valence-corrected chi connectivity index (χ0v) is 11.9. The van der Waals surface area contributed by atoms with Crippen molar-refractivity contribution in [3.8, 4) is 5.75 Å². The summed E-state index contributed by atoms with van der Waals surface area (Å²) >= 11 is 0. The number of benzene rings is 2. The van der Waals surface area contributed by atoms with Crippen LogP contribution in [0.4, 0.5) is 22.0 Å². The van der Waals surface area contributed by atoms with Crippen LogP contribution in [0, 0.1) is 29.1 Å². The van der Waals surface area contributed by atoms with Crippen molar-refractivity contribution < 1.29 is 35.9 Å². The highest BCUT2D eigenvalue weighted by Gasteiger charge is 2.25. The van der Waals surface area contributed by atoms with Crippen LogP contribution >= 0.6 is 0 Å². The first-order valence-corrected chi connectivity index (χ1v) is 6.56. The van der Waals surface area contributed by atoms with E-state index in [0.717, 1.165) is 18.2 Å². The molecule has 2 aromatic carbocycles. The van der Waals surface area contributed by atoms with E-state index in [1.807, 2.05) is 0 Å². The van der Waals surface area contributed by atoms with Crippen LogP contribution in [0.5, 0.6) is 5.75 Å². The van der Waals surface area contributed by atoms with Crippen LogP contribution < -0.4 is 10.2 Å². The van der Waals surface area contributed by atoms with Gasteiger partial charge in [-0.25, -0.2) is 18.0 Å². The monoisotopic (exact) mass is 356 g/mol. The second-order valence-corrected chi connectivity index (χ2v) is 4.80. The molecule has 0 saturated heterocycles. The maximum Gasteiger partial charge on any atom is 0.379 e. The highest BCUT2D eigenvalue weighted by molar-refractivity contribution is 5.90. The first kappa shape index (κ1) is 16.6. The summed E-state index contributed by atoms with van der Waals surface area (Å²) in [5.74, 6) is -12.2. The SMILES string of the molecule is O=C(Oc1c(F)c(F)cc(F)c1F)c1cc(=O)c2cc(F)ccc2o1. The molecule has 3 aromatic rings. The van der Waals surface area contributed by atoms with Gasteiger partial charge < -0.3 is 9.15 Å². The molecule has 0 aliphatic heterocycles. The van der Waals surface area contributed by atoms with E-state index in [1.54, 1.807) is 0 Å². The van der Waals surface area contributed by atoms with E-state index in [2.05, 4.69) is 4.74 Å². The van der Waals surface area contributed by atoms with Crippen LogP contribution in [-0.4, -0.2) is 5.97 Å². The molecule has 25 heavy (non-hydrogen) atoms. The molecule has 0 N–H and O–H groups in total. The zero-order chi connectivity index (χ0) is 18.3. The van der Waals surface area contributed by atoms with Crippen molar-refractivity contribution in [2.45, 2.75) is 0 Å². The average molecular weight is 356 g/mol. The average Bonchev–Trinajstić information content (AvgIpc) is 2.57. The summed E-state index contributed by atoms with van der Waals surface area (Å²) in [6.45, 7) is 0. The molecule has 4 nitrogen and oxygen atoms in total. The van der Waals surface area contributed by atoms with Gasteiger partial charge in [-0.1, -0.05) is 0 Å². The lowest BCUT2D eigenvalue weighted by Gasteiger charge is -2.07. The third kappa shape index (κ3) is 2.95. The van der Waals surface area contributed by atoms with E-state index in [9.17, 15) is 31.5 Å². The molecule has 0 amide bonds. The van der Waals surface area contributed by atoms with Crippen LogP contribution in [0.15, 0.2) is 39.5 Å². The maximum absolute atomic E-state index is 13.5. The fourth-order valence-corrected chi connectivity index (χ4v) is 2.01. The number of rotatable bonds is 2. The van der Waals surface area contributed by atoms with Gasteiger partial charge in [0.2, 0.25) is 23.1 Å². The minimum absolute atomic E-state index is 0.0628. The largest absolute Gasteiger partial charge is 0.449 e. The van der Waals surface area contributed by atoms with E-state index in [0.29, 0.717) is 6.07 Å². The maximum atomic E-state index is 13.5. The zero-order valence-electron chi connectivity index (χ0n) is 11.9. The number of carbonyl (C=O) groups excluding carboxylic acids is 1. The fraction of sp³-hybridized carbons (Fsp3) is 0. The summed E-state index contributed by atoms with van der Waals surface area (Å²) in [6, 6.07) is 3.38. The number of hydrogen-bond acceptors (Lipinski definition) is 4. The topological polar surface area (TPSA) is 56.5 Å². The number of hydrogen-bond donors (Lipinski definition) is 0. The van der Waals surface area contributed by atoms with Crippen LogP contribution in [0.2, 0.25) is 0 Å². The Kier molecular flexibility index (Phi) is 3.99. The molecule has 0 bridgehead atoms. The molecule has 0 aliphatic carbocycles. The summed E-state index contributed by atoms with van der Waals surface area (Å²) in [4.78, 5) is 23.7. The molecule has 1 aromatic heterocycles. The van der Waals surface area contributed by atoms with Gasteiger partial charge >= 0.3 is 5.97 Å². The Balaban J connectivity index is 2.04. The molecule has 1 heterocycles. The lowest BCUT2D eigenvalue weighted by atomic mass is 10.2. The molecule has 0 spiro atoms. The molecule has 0 saturated carbocycles. The Morgan fingerprint density at radius 2 is 1.56 bits per heavy atom. The quantitative estimate of drug-likeness (QED) is 0.304. The van der Waals surface area contributed by atoms with Crippen molar-refractivity contribution in [2.24, 2.45) is 0 Å². The Morgan fingerprint density at radius 3 is 2.20 bits per heavy atom. The standard InChI is InChI=1S/C16H5F5O4/c17-6-1-2-11-7(3-6)10(22)5-12(24-11)16(23)25-15-13(20)8(18)4-9(19)14(15)21/h1-5H. The van der Waals surface area contributed by atoms with Gasteiger partial charge in [0.25, 0.3) is 0 Å². The van der Waals surface area contributed by atoms with Crippen molar-refractivity contribution in [3.05, 3.63) is 75.4 Å². The Hall–Kier alpha value is -3.23. The van der Waals surface area contributed by atoms with Gasteiger partial charge in [0.1, 0.15) is 11.4 Å². The van der Waals surface area contributed by atoms with Crippen molar-refractivity contribution in [1.29, 1.82) is 0 Å². The first-order chi connectivity index (χ1) is 11.8. The van der Waals surface area contributed by atoms with Gasteiger partial charge in [0.05, 0.1) is 5.39 Å². The number of halogens is 5. The predicted molar refractivity (Wildman–Crippen MR) is 73.7 cm³/mol. The Morgan fingerprint density at radius 1 is 0.920 bits per heavy atom. The highest BCUT2D eigenvalue weighted by atomic mass is 19.2. The van der Waals surface area contributed by atoms with E-state index in [-0.39, 0.29) is 17.0 Å². The van der Waals surface area contributed by atoms with E-state index >= 15 is 0 Å². The van der Waals surface area contributed by atoms with Crippen molar-refractivity contribution in [2.75, 3.05) is 0 Å². The number of esters is 1. The van der Waals surface area contributed by atoms with Crippen LogP contribution in [0.1, 0.15) is 10.6 Å². The van der Waals surface area contributed by atoms with Gasteiger partial charge in [0, 0.05) is 12.1 Å². The summed E-state index contributed by atoms with van der Waals surface area (Å²) in [7, 11) is 0. The number of fused-ring (bicyclic) bond motifs is 1. The molecular weight excluding hydrogens is 351 g/mol. The number of ether oxygens (including phenoxy) is 1. The van der Waals surface area contributed by atoms with Crippen LogP contribution in [0.3, 0.4) is 0 Å². The van der Waals surface area contributed by atoms with Crippen molar-refractivity contribution in [3.63, 3.8) is 0 Å². The highest BCUT2D eigenvalue weighted by Crippen LogP contribution is 2.27. The van der Waals surface area contributed by atoms with Crippen molar-refractivity contribution in [1.82, 2.24) is 0 Å².